The molecule has 99 heavy (non-hydrogen) atoms. The fourth-order valence-electron chi connectivity index (χ4n) is 9.51. The summed E-state index contributed by atoms with van der Waals surface area (Å²) in [5.74, 6) is -4.83. The van der Waals surface area contributed by atoms with Gasteiger partial charge in [0.25, 0.3) is 70.8 Å². The molecule has 1 unspecified atom stereocenters. The van der Waals surface area contributed by atoms with E-state index in [1.807, 2.05) is 0 Å². The Balaban J connectivity index is 1.05. The van der Waals surface area contributed by atoms with Gasteiger partial charge < -0.3 is 35.6 Å². The standard InChI is InChI=1S/C50H36Cl2N14O25S8/c1-2-66(24-5-3-6-25(18-24)92(69)70)50-59-46(52)58-49(61-50)55-33-20-27(94(74,75)76)14-22-16-37(98(86,87)88)41(43(68)39(22)33)65-63-31-17-23(9-12-35(31)96(80,81)82)53-47-56-45(51)57-48(60-47)54-32-19-26(93(71,72)73)13-21-15-36(97(83,84)85)40(42(67)38(21)32)64-62-30-11-10-28-29(44(30)99(89,90)91)7-4-8-34(28)95(77,78)79/h3-20,67-68H,2H2,1H3,(H,69,70)(H,71,72,73)(H,74,75,76)(H,77,78,79)(H,80,81,82)(H,83,84,85)(H,86,87,88)(H,89,90,91)(H,55,58,59,61)(H2,53,54,56,57,60). The predicted octanol–water partition coefficient (Wildman–Crippen LogP) is 8.76. The Kier molecular flexibility index (Phi) is 19.3. The molecule has 0 bridgehead atoms. The number of nitrogens with one attached hydrogen (secondary N) is 3. The normalized spacial score (nSPS) is 13.2. The van der Waals surface area contributed by atoms with E-state index in [4.69, 9.17) is 23.2 Å². The molecular weight excluding hydrogens is 1520 g/mol. The van der Waals surface area contributed by atoms with E-state index in [1.165, 1.54) is 29.2 Å². The molecule has 0 fully saturated rings. The minimum atomic E-state index is -5.62. The highest BCUT2D eigenvalue weighted by molar-refractivity contribution is 7.87. The third kappa shape index (κ3) is 15.6. The number of phenolic OH excluding ortho intramolecular Hbond substituents is 2. The lowest BCUT2D eigenvalue weighted by Gasteiger charge is -2.22. The maximum Gasteiger partial charge on any atom is 0.297 e. The first kappa shape index (κ1) is 72.4. The molecule has 0 spiro atoms. The number of aromatic nitrogens is 6. The van der Waals surface area contributed by atoms with Gasteiger partial charge in [0.05, 0.1) is 26.1 Å². The fraction of sp³-hybridized carbons (Fsp3) is 0.0400. The number of azo groups is 2. The number of benzene rings is 8. The van der Waals surface area contributed by atoms with Crippen molar-refractivity contribution in [3.8, 4) is 11.5 Å². The van der Waals surface area contributed by atoms with Gasteiger partial charge in [0.2, 0.25) is 34.4 Å². The van der Waals surface area contributed by atoms with Crippen LogP contribution in [0.1, 0.15) is 6.92 Å². The van der Waals surface area contributed by atoms with E-state index in [0.717, 1.165) is 42.5 Å². The van der Waals surface area contributed by atoms with E-state index in [1.54, 1.807) is 6.92 Å². The summed E-state index contributed by atoms with van der Waals surface area (Å²) in [7, 11) is -37.7. The number of aromatic hydroxyl groups is 2. The van der Waals surface area contributed by atoms with Gasteiger partial charge in [0, 0.05) is 39.5 Å². The van der Waals surface area contributed by atoms with Gasteiger partial charge in [-0.1, -0.05) is 24.3 Å². The first-order valence-corrected chi connectivity index (χ1v) is 38.0. The summed E-state index contributed by atoms with van der Waals surface area (Å²) in [6.07, 6.45) is 0. The Morgan fingerprint density at radius 1 is 0.465 bits per heavy atom. The van der Waals surface area contributed by atoms with Crippen molar-refractivity contribution < 1.29 is 110 Å². The Labute approximate surface area is 567 Å². The molecule has 39 nitrogen and oxygen atoms in total. The van der Waals surface area contributed by atoms with E-state index >= 15 is 0 Å². The van der Waals surface area contributed by atoms with Crippen LogP contribution in [-0.2, 0) is 81.9 Å². The third-order valence-electron chi connectivity index (χ3n) is 13.5. The second kappa shape index (κ2) is 26.4. The van der Waals surface area contributed by atoms with E-state index < -0.39 is 223 Å². The number of hydrogen-bond acceptors (Lipinski definition) is 31. The van der Waals surface area contributed by atoms with Crippen LogP contribution in [0.5, 0.6) is 11.5 Å². The molecule has 0 amide bonds. The molecule has 0 aliphatic rings. The Morgan fingerprint density at radius 3 is 1.43 bits per heavy atom. The minimum Gasteiger partial charge on any atom is -0.505 e. The van der Waals surface area contributed by atoms with Gasteiger partial charge in [0.15, 0.2) is 22.6 Å². The Morgan fingerprint density at radius 2 is 0.949 bits per heavy atom. The van der Waals surface area contributed by atoms with E-state index in [9.17, 15) is 110 Å². The average molecular weight is 1560 g/mol. The van der Waals surface area contributed by atoms with Crippen LogP contribution in [0.2, 0.25) is 10.6 Å². The second-order valence-corrected chi connectivity index (χ2v) is 31.2. The van der Waals surface area contributed by atoms with Crippen molar-refractivity contribution in [3.05, 3.63) is 120 Å². The molecule has 8 aromatic carbocycles. The monoisotopic (exact) mass is 1560 g/mol. The van der Waals surface area contributed by atoms with Crippen molar-refractivity contribution >= 4 is 207 Å². The molecule has 1 atom stereocenters. The molecule has 49 heteroatoms. The van der Waals surface area contributed by atoms with Crippen LogP contribution in [-0.4, -0.2) is 146 Å². The summed E-state index contributed by atoms with van der Waals surface area (Å²) in [5, 5.41) is 41.3. The summed E-state index contributed by atoms with van der Waals surface area (Å²) >= 11 is 10.1. The summed E-state index contributed by atoms with van der Waals surface area (Å²) < 4.78 is 271. The maximum atomic E-state index is 13.1. The number of anilines is 8. The van der Waals surface area contributed by atoms with E-state index in [2.05, 4.69) is 66.3 Å². The van der Waals surface area contributed by atoms with Crippen molar-refractivity contribution in [2.45, 2.75) is 46.1 Å². The number of rotatable bonds is 21. The van der Waals surface area contributed by atoms with Gasteiger partial charge >= 0.3 is 0 Å². The van der Waals surface area contributed by atoms with E-state index in [-0.39, 0.29) is 28.8 Å². The fourth-order valence-corrected chi connectivity index (χ4v) is 14.8. The molecule has 10 aromatic rings. The molecule has 2 heterocycles. The SMILES string of the molecule is CCN(c1cccc(S(=O)O)c1)c1nc(Cl)nc(Nc2cc(S(=O)(=O)O)cc3cc(S(=O)(=O)O)c(N=Nc4cc(Nc5nc(Cl)nc(Nc6cc(S(=O)(=O)O)cc7cc(S(=O)(=O)O)c(N=Nc8ccc9c(S(=O)(=O)O)cccc9c8S(=O)(=O)O)c(O)c67)n5)ccc4S(=O)(=O)O)c(O)c23)n1. The molecule has 13 N–H and O–H groups in total. The zero-order chi connectivity index (χ0) is 72.6. The summed E-state index contributed by atoms with van der Waals surface area (Å²) in [5.41, 5.74) is -5.69. The molecule has 0 saturated heterocycles. The summed E-state index contributed by atoms with van der Waals surface area (Å²) in [4.78, 5) is 17.7. The van der Waals surface area contributed by atoms with Gasteiger partial charge in [-0.25, -0.2) is 4.21 Å². The molecule has 0 aliphatic carbocycles. The zero-order valence-corrected chi connectivity index (χ0v) is 56.2. The smallest absolute Gasteiger partial charge is 0.297 e. The summed E-state index contributed by atoms with van der Waals surface area (Å²) in [6, 6.07) is 15.9. The van der Waals surface area contributed by atoms with Crippen LogP contribution in [0, 0.1) is 0 Å². The van der Waals surface area contributed by atoms with Crippen molar-refractivity contribution in [3.63, 3.8) is 0 Å². The first-order valence-electron chi connectivity index (χ1n) is 26.0. The largest absolute Gasteiger partial charge is 0.505 e. The molecular formula is C50H36Cl2N14O25S8. The molecule has 518 valence electrons. The van der Waals surface area contributed by atoms with Crippen LogP contribution in [0.4, 0.5) is 69.3 Å². The van der Waals surface area contributed by atoms with Crippen LogP contribution >= 0.6 is 23.2 Å². The number of nitrogens with zero attached hydrogens (tertiary/aromatic N) is 11. The highest BCUT2D eigenvalue weighted by Gasteiger charge is 2.31. The number of fused-ring (bicyclic) bond motifs is 3. The lowest BCUT2D eigenvalue weighted by molar-refractivity contribution is 0.471. The van der Waals surface area contributed by atoms with Crippen LogP contribution in [0.25, 0.3) is 32.3 Å². The van der Waals surface area contributed by atoms with Crippen LogP contribution in [0.3, 0.4) is 0 Å². The van der Waals surface area contributed by atoms with Crippen molar-refractivity contribution in [2.75, 3.05) is 27.4 Å². The topological polar surface area (TPSA) is 624 Å². The quantitative estimate of drug-likeness (QED) is 0.0181. The zero-order valence-electron chi connectivity index (χ0n) is 48.1. The van der Waals surface area contributed by atoms with Gasteiger partial charge in [0.1, 0.15) is 47.2 Å². The highest BCUT2D eigenvalue weighted by Crippen LogP contribution is 2.49. The third-order valence-corrected chi connectivity index (χ3v) is 20.6. The molecule has 10 rings (SSSR count). The minimum absolute atomic E-state index is 0.0304. The lowest BCUT2D eigenvalue weighted by Crippen LogP contribution is -2.20. The maximum absolute atomic E-state index is 13.1. The van der Waals surface area contributed by atoms with Gasteiger partial charge in [-0.15, -0.1) is 20.5 Å². The lowest BCUT2D eigenvalue weighted by atomic mass is 10.1. The Hall–Kier alpha value is -9.38. The van der Waals surface area contributed by atoms with E-state index in [0.29, 0.717) is 42.5 Å². The van der Waals surface area contributed by atoms with Crippen molar-refractivity contribution in [2.24, 2.45) is 20.5 Å². The Bertz CT molecular complexity index is 6110. The van der Waals surface area contributed by atoms with Crippen molar-refractivity contribution in [1.29, 1.82) is 0 Å². The van der Waals surface area contributed by atoms with Crippen LogP contribution < -0.4 is 20.9 Å². The highest BCUT2D eigenvalue weighted by atomic mass is 35.5. The van der Waals surface area contributed by atoms with Crippen LogP contribution in [0.15, 0.2) is 169 Å². The van der Waals surface area contributed by atoms with Crippen molar-refractivity contribution in [1.82, 2.24) is 29.9 Å². The molecule has 0 aliphatic heterocycles. The average Bonchev–Trinajstić information content (AvgIpc) is 0.758. The predicted molar refractivity (Wildman–Crippen MR) is 346 cm³/mol. The summed E-state index contributed by atoms with van der Waals surface area (Å²) in [6.45, 7) is 1.70. The molecule has 0 saturated carbocycles. The second-order valence-electron chi connectivity index (χ2n) is 19.8. The van der Waals surface area contributed by atoms with Gasteiger partial charge in [-0.05, 0) is 126 Å². The number of hydrogen-bond donors (Lipinski definition) is 13. The van der Waals surface area contributed by atoms with Gasteiger partial charge in [-0.3, -0.25) is 31.9 Å². The molecule has 2 aromatic heterocycles. The van der Waals surface area contributed by atoms with Gasteiger partial charge in [-0.2, -0.15) is 88.8 Å². The number of halogens is 2. The first-order chi connectivity index (χ1) is 45.9. The number of phenols is 2. The molecule has 0 radical (unpaired) electrons.